The number of nitrogens with one attached hydrogen (secondary N) is 1. The van der Waals surface area contributed by atoms with Gasteiger partial charge in [0.15, 0.2) is 0 Å². The highest BCUT2D eigenvalue weighted by Gasteiger charge is 1.93. The van der Waals surface area contributed by atoms with E-state index in [-0.39, 0.29) is 0 Å². The molecule has 1 aromatic heterocycles. The Morgan fingerprint density at radius 1 is 1.36 bits per heavy atom. The quantitative estimate of drug-likeness (QED) is 0.681. The molecule has 58 valence electrons. The zero-order chi connectivity index (χ0) is 8.27. The Balaban J connectivity index is 2.98. The van der Waals surface area contributed by atoms with Crippen molar-refractivity contribution >= 4 is 23.4 Å². The lowest BCUT2D eigenvalue weighted by Crippen LogP contribution is -1.95. The molecular formula is C8H10N2S. The molecule has 0 saturated carbocycles. The molecule has 0 unspecified atom stereocenters. The Kier molecular flexibility index (Phi) is 2.54. The molecule has 0 saturated heterocycles. The van der Waals surface area contributed by atoms with E-state index in [1.165, 1.54) is 5.49 Å². The summed E-state index contributed by atoms with van der Waals surface area (Å²) in [4.78, 5) is 4.23. The van der Waals surface area contributed by atoms with Gasteiger partial charge in [-0.15, -0.1) is 0 Å². The molecule has 0 aliphatic heterocycles. The maximum Gasteiger partial charge on any atom is 0.0658 e. The molecule has 0 aromatic carbocycles. The fraction of sp³-hybridized carbons (Fsp3) is 0.250. The Hall–Kier alpha value is -0.960. The SMILES string of the molecule is Cc1cc(NC=S)cc(C)n1. The molecule has 0 fully saturated rings. The van der Waals surface area contributed by atoms with E-state index < -0.39 is 0 Å². The highest BCUT2D eigenvalue weighted by molar-refractivity contribution is 7.79. The van der Waals surface area contributed by atoms with Crippen molar-refractivity contribution in [2.75, 3.05) is 5.32 Å². The molecule has 0 amide bonds. The van der Waals surface area contributed by atoms with Crippen molar-refractivity contribution in [3.05, 3.63) is 23.5 Å². The van der Waals surface area contributed by atoms with Crippen LogP contribution >= 0.6 is 12.2 Å². The number of thiocarbonyl (C=S) groups is 1. The second-order valence-electron chi connectivity index (χ2n) is 2.40. The van der Waals surface area contributed by atoms with Gasteiger partial charge in [-0.05, 0) is 26.0 Å². The van der Waals surface area contributed by atoms with E-state index in [0.717, 1.165) is 17.1 Å². The summed E-state index contributed by atoms with van der Waals surface area (Å²) in [5.41, 5.74) is 4.51. The predicted molar refractivity (Wildman–Crippen MR) is 51.0 cm³/mol. The first-order valence-corrected chi connectivity index (χ1v) is 3.85. The average Bonchev–Trinajstić information content (AvgIpc) is 1.85. The van der Waals surface area contributed by atoms with E-state index in [9.17, 15) is 0 Å². The van der Waals surface area contributed by atoms with Crippen LogP contribution in [0, 0.1) is 13.8 Å². The summed E-state index contributed by atoms with van der Waals surface area (Å²) in [6, 6.07) is 3.91. The summed E-state index contributed by atoms with van der Waals surface area (Å²) in [5, 5.41) is 2.94. The molecule has 1 heterocycles. The zero-order valence-corrected chi connectivity index (χ0v) is 7.40. The number of aromatic nitrogens is 1. The molecule has 1 N–H and O–H groups in total. The van der Waals surface area contributed by atoms with Crippen LogP contribution in [0.25, 0.3) is 0 Å². The second kappa shape index (κ2) is 3.44. The standard InChI is InChI=1S/C8H10N2S/c1-6-3-8(9-5-11)4-7(2)10-6/h3-5H,1-2H3,(H,9,10,11). The smallest absolute Gasteiger partial charge is 0.0658 e. The van der Waals surface area contributed by atoms with Crippen molar-refractivity contribution in [1.82, 2.24) is 4.98 Å². The maximum atomic E-state index is 4.66. The van der Waals surface area contributed by atoms with E-state index in [1.807, 2.05) is 26.0 Å². The molecule has 0 aliphatic rings. The fourth-order valence-corrected chi connectivity index (χ4v) is 1.12. The van der Waals surface area contributed by atoms with Crippen molar-refractivity contribution in [1.29, 1.82) is 0 Å². The molecule has 0 atom stereocenters. The molecule has 0 bridgehead atoms. The third-order valence-electron chi connectivity index (χ3n) is 1.31. The van der Waals surface area contributed by atoms with Crippen molar-refractivity contribution in [2.24, 2.45) is 0 Å². The minimum atomic E-state index is 1.00. The second-order valence-corrected chi connectivity index (χ2v) is 2.64. The van der Waals surface area contributed by atoms with Crippen LogP contribution in [0.15, 0.2) is 12.1 Å². The van der Waals surface area contributed by atoms with Crippen LogP contribution in [0.2, 0.25) is 0 Å². The van der Waals surface area contributed by atoms with Gasteiger partial charge in [0.25, 0.3) is 0 Å². The average molecular weight is 166 g/mol. The summed E-state index contributed by atoms with van der Waals surface area (Å²) in [6.07, 6.45) is 0. The van der Waals surface area contributed by atoms with Crippen LogP contribution in [-0.4, -0.2) is 10.5 Å². The summed E-state index contributed by atoms with van der Waals surface area (Å²) in [6.45, 7) is 3.92. The number of anilines is 1. The van der Waals surface area contributed by atoms with Gasteiger partial charge in [-0.3, -0.25) is 4.98 Å². The minimum Gasteiger partial charge on any atom is -0.353 e. The number of rotatable bonds is 2. The normalized spacial score (nSPS) is 9.27. The first kappa shape index (κ1) is 8.14. The molecule has 1 aromatic rings. The lowest BCUT2D eigenvalue weighted by atomic mass is 10.3. The van der Waals surface area contributed by atoms with E-state index in [1.54, 1.807) is 0 Å². The van der Waals surface area contributed by atoms with E-state index in [4.69, 9.17) is 0 Å². The third kappa shape index (κ3) is 2.27. The van der Waals surface area contributed by atoms with E-state index in [2.05, 4.69) is 22.5 Å². The maximum absolute atomic E-state index is 4.66. The lowest BCUT2D eigenvalue weighted by Gasteiger charge is -2.01. The van der Waals surface area contributed by atoms with Crippen molar-refractivity contribution in [3.63, 3.8) is 0 Å². The first-order chi connectivity index (χ1) is 5.22. The molecule has 1 rings (SSSR count). The number of nitrogens with zero attached hydrogens (tertiary/aromatic N) is 1. The van der Waals surface area contributed by atoms with Gasteiger partial charge in [0, 0.05) is 17.1 Å². The van der Waals surface area contributed by atoms with Gasteiger partial charge in [-0.1, -0.05) is 12.2 Å². The number of pyridine rings is 1. The molecule has 0 spiro atoms. The van der Waals surface area contributed by atoms with Crippen molar-refractivity contribution in [2.45, 2.75) is 13.8 Å². The summed E-state index contributed by atoms with van der Waals surface area (Å²) >= 11 is 4.66. The molecule has 3 heteroatoms. The van der Waals surface area contributed by atoms with Gasteiger partial charge in [0.05, 0.1) is 5.49 Å². The molecule has 0 radical (unpaired) electrons. The van der Waals surface area contributed by atoms with Crippen LogP contribution in [0.3, 0.4) is 0 Å². The zero-order valence-electron chi connectivity index (χ0n) is 6.59. The fourth-order valence-electron chi connectivity index (χ4n) is 0.986. The number of hydrogen-bond donors (Lipinski definition) is 1. The Morgan fingerprint density at radius 3 is 2.36 bits per heavy atom. The van der Waals surface area contributed by atoms with E-state index >= 15 is 0 Å². The third-order valence-corrected chi connectivity index (χ3v) is 1.42. The highest BCUT2D eigenvalue weighted by Crippen LogP contribution is 2.08. The Labute approximate surface area is 71.7 Å². The topological polar surface area (TPSA) is 24.9 Å². The van der Waals surface area contributed by atoms with Crippen LogP contribution in [-0.2, 0) is 0 Å². The molecule has 11 heavy (non-hydrogen) atoms. The summed E-state index contributed by atoms with van der Waals surface area (Å²) in [5.74, 6) is 0. The predicted octanol–water partition coefficient (Wildman–Crippen LogP) is 2.07. The van der Waals surface area contributed by atoms with Gasteiger partial charge < -0.3 is 5.32 Å². The van der Waals surface area contributed by atoms with E-state index in [0.29, 0.717) is 0 Å². The molecule has 2 nitrogen and oxygen atoms in total. The number of hydrogen-bond acceptors (Lipinski definition) is 2. The summed E-state index contributed by atoms with van der Waals surface area (Å²) in [7, 11) is 0. The number of aryl methyl sites for hydroxylation is 2. The van der Waals surface area contributed by atoms with Gasteiger partial charge in [-0.25, -0.2) is 0 Å². The molecule has 0 aliphatic carbocycles. The van der Waals surface area contributed by atoms with Gasteiger partial charge in [-0.2, -0.15) is 0 Å². The summed E-state index contributed by atoms with van der Waals surface area (Å²) < 4.78 is 0. The largest absolute Gasteiger partial charge is 0.353 e. The van der Waals surface area contributed by atoms with Crippen LogP contribution in [0.1, 0.15) is 11.4 Å². The first-order valence-electron chi connectivity index (χ1n) is 3.38. The van der Waals surface area contributed by atoms with Gasteiger partial charge >= 0.3 is 0 Å². The Bertz CT molecular complexity index is 251. The van der Waals surface area contributed by atoms with Crippen molar-refractivity contribution in [3.8, 4) is 0 Å². The monoisotopic (exact) mass is 166 g/mol. The minimum absolute atomic E-state index is 1.00. The lowest BCUT2D eigenvalue weighted by molar-refractivity contribution is 1.12. The van der Waals surface area contributed by atoms with Gasteiger partial charge in [0.1, 0.15) is 0 Å². The van der Waals surface area contributed by atoms with Crippen LogP contribution < -0.4 is 5.32 Å². The van der Waals surface area contributed by atoms with Crippen molar-refractivity contribution < 1.29 is 0 Å². The van der Waals surface area contributed by atoms with Crippen LogP contribution in [0.4, 0.5) is 5.69 Å². The Morgan fingerprint density at radius 2 is 1.91 bits per heavy atom. The molecular weight excluding hydrogens is 156 g/mol. The van der Waals surface area contributed by atoms with Gasteiger partial charge in [0.2, 0.25) is 0 Å². The highest BCUT2D eigenvalue weighted by atomic mass is 32.1. The van der Waals surface area contributed by atoms with Crippen LogP contribution in [0.5, 0.6) is 0 Å².